The summed E-state index contributed by atoms with van der Waals surface area (Å²) in [6.07, 6.45) is 3.58. The molecule has 1 fully saturated rings. The number of benzene rings is 2. The molecular formula is C22H25N3O5. The van der Waals surface area contributed by atoms with Crippen molar-refractivity contribution in [3.63, 3.8) is 0 Å². The van der Waals surface area contributed by atoms with E-state index in [-0.39, 0.29) is 24.6 Å². The summed E-state index contributed by atoms with van der Waals surface area (Å²) in [5.41, 5.74) is 3.60. The van der Waals surface area contributed by atoms with Crippen LogP contribution in [0.4, 0.5) is 5.69 Å². The Labute approximate surface area is 175 Å². The van der Waals surface area contributed by atoms with Gasteiger partial charge in [0.25, 0.3) is 11.8 Å². The highest BCUT2D eigenvalue weighted by atomic mass is 16.5. The molecule has 0 aliphatic carbocycles. The molecule has 1 saturated heterocycles. The summed E-state index contributed by atoms with van der Waals surface area (Å²) in [6.45, 7) is 2.82. The number of amides is 2. The quantitative estimate of drug-likeness (QED) is 0.455. The van der Waals surface area contributed by atoms with E-state index in [1.165, 1.54) is 43.0 Å². The van der Waals surface area contributed by atoms with Gasteiger partial charge in [-0.15, -0.1) is 0 Å². The second kappa shape index (κ2) is 10.00. The highest BCUT2D eigenvalue weighted by Crippen LogP contribution is 2.34. The van der Waals surface area contributed by atoms with Crippen molar-refractivity contribution in [3.05, 3.63) is 59.2 Å². The van der Waals surface area contributed by atoms with Crippen LogP contribution in [0.25, 0.3) is 0 Å². The number of hydroxylamine groups is 1. The molecule has 2 aliphatic heterocycles. The van der Waals surface area contributed by atoms with Crippen molar-refractivity contribution in [2.45, 2.75) is 19.4 Å². The molecule has 4 rings (SSSR count). The van der Waals surface area contributed by atoms with E-state index in [0.29, 0.717) is 17.0 Å². The molecule has 0 saturated carbocycles. The van der Waals surface area contributed by atoms with Crippen molar-refractivity contribution in [1.29, 1.82) is 0 Å². The van der Waals surface area contributed by atoms with Gasteiger partial charge in [-0.2, -0.15) is 0 Å². The Balaban J connectivity index is 0.000000367. The lowest BCUT2D eigenvalue weighted by molar-refractivity contribution is -0.121. The van der Waals surface area contributed by atoms with Gasteiger partial charge in [0, 0.05) is 11.1 Å². The molecule has 0 unspecified atom stereocenters. The fraction of sp³-hybridized carbons (Fsp3) is 0.318. The van der Waals surface area contributed by atoms with E-state index in [2.05, 4.69) is 11.9 Å². The van der Waals surface area contributed by atoms with Crippen LogP contribution < -0.4 is 15.1 Å². The average Bonchev–Trinajstić information content (AvgIpc) is 3.26. The Morgan fingerprint density at radius 2 is 1.87 bits per heavy atom. The van der Waals surface area contributed by atoms with Gasteiger partial charge in [0.1, 0.15) is 12.0 Å². The third-order valence-corrected chi connectivity index (χ3v) is 5.05. The molecule has 2 N–H and O–H groups in total. The molecule has 0 atom stereocenters. The minimum absolute atomic E-state index is 0.0923. The third kappa shape index (κ3) is 5.22. The lowest BCUT2D eigenvalue weighted by atomic mass is 10.1. The van der Waals surface area contributed by atoms with Gasteiger partial charge in [0.15, 0.2) is 6.61 Å². The van der Waals surface area contributed by atoms with Gasteiger partial charge in [0.05, 0.1) is 12.2 Å². The van der Waals surface area contributed by atoms with Crippen LogP contribution in [0.5, 0.6) is 5.75 Å². The number of likely N-dealkylation sites (tertiary alicyclic amines) is 1. The molecule has 8 heteroatoms. The predicted molar refractivity (Wildman–Crippen MR) is 111 cm³/mol. The number of rotatable bonds is 4. The maximum atomic E-state index is 12.2. The number of carbonyl (C=O) groups is 3. The van der Waals surface area contributed by atoms with Gasteiger partial charge in [-0.25, -0.2) is 5.48 Å². The van der Waals surface area contributed by atoms with E-state index in [9.17, 15) is 14.4 Å². The number of hydrogen-bond acceptors (Lipinski definition) is 6. The lowest BCUT2D eigenvalue weighted by Crippen LogP contribution is -2.38. The van der Waals surface area contributed by atoms with Crippen LogP contribution in [0, 0.1) is 0 Å². The summed E-state index contributed by atoms with van der Waals surface area (Å²) in [6, 6.07) is 11.4. The van der Waals surface area contributed by atoms with E-state index >= 15 is 0 Å². The number of aldehydes is 1. The summed E-state index contributed by atoms with van der Waals surface area (Å²) in [7, 11) is 2.17. The van der Waals surface area contributed by atoms with Crippen LogP contribution in [-0.4, -0.2) is 55.0 Å². The molecule has 2 amide bonds. The fourth-order valence-corrected chi connectivity index (χ4v) is 3.34. The molecule has 2 heterocycles. The number of fused-ring (bicyclic) bond motifs is 1. The zero-order chi connectivity index (χ0) is 21.5. The van der Waals surface area contributed by atoms with Crippen LogP contribution in [-0.2, 0) is 11.3 Å². The minimum Gasteiger partial charge on any atom is -0.482 e. The summed E-state index contributed by atoms with van der Waals surface area (Å²) in [5, 5.41) is 8.75. The molecular weight excluding hydrogens is 386 g/mol. The first-order valence-electron chi connectivity index (χ1n) is 9.76. The smallest absolute Gasteiger partial charge is 0.274 e. The Morgan fingerprint density at radius 1 is 1.17 bits per heavy atom. The average molecular weight is 411 g/mol. The SMILES string of the molecule is CN1CCCC1.O=Cc1ccc(CN2C(=O)COc3ccc(C(=O)NO)cc32)cc1. The van der Waals surface area contributed by atoms with Crippen LogP contribution in [0.1, 0.15) is 39.1 Å². The van der Waals surface area contributed by atoms with Crippen LogP contribution in [0.2, 0.25) is 0 Å². The van der Waals surface area contributed by atoms with Gasteiger partial charge in [-0.3, -0.25) is 19.6 Å². The number of ether oxygens (including phenoxy) is 1. The van der Waals surface area contributed by atoms with Crippen LogP contribution >= 0.6 is 0 Å². The number of nitrogens with one attached hydrogen (secondary N) is 1. The fourth-order valence-electron chi connectivity index (χ4n) is 3.34. The Morgan fingerprint density at radius 3 is 2.43 bits per heavy atom. The first-order valence-corrected chi connectivity index (χ1v) is 9.76. The molecule has 2 aliphatic rings. The largest absolute Gasteiger partial charge is 0.482 e. The number of carbonyl (C=O) groups excluding carboxylic acids is 3. The van der Waals surface area contributed by atoms with E-state index < -0.39 is 5.91 Å². The highest BCUT2D eigenvalue weighted by Gasteiger charge is 2.26. The number of hydrogen-bond donors (Lipinski definition) is 2. The van der Waals surface area contributed by atoms with Crippen molar-refractivity contribution in [2.24, 2.45) is 0 Å². The molecule has 0 bridgehead atoms. The molecule has 2 aromatic carbocycles. The molecule has 158 valence electrons. The summed E-state index contributed by atoms with van der Waals surface area (Å²) in [5.74, 6) is -0.441. The zero-order valence-corrected chi connectivity index (χ0v) is 16.8. The monoisotopic (exact) mass is 411 g/mol. The van der Waals surface area contributed by atoms with E-state index in [4.69, 9.17) is 9.94 Å². The number of anilines is 1. The Kier molecular flexibility index (Phi) is 7.16. The molecule has 0 aromatic heterocycles. The van der Waals surface area contributed by atoms with Crippen molar-refractivity contribution < 1.29 is 24.3 Å². The second-order valence-corrected chi connectivity index (χ2v) is 7.26. The van der Waals surface area contributed by atoms with Crippen molar-refractivity contribution >= 4 is 23.8 Å². The van der Waals surface area contributed by atoms with Crippen LogP contribution in [0.15, 0.2) is 42.5 Å². The first kappa shape index (κ1) is 21.5. The van der Waals surface area contributed by atoms with Crippen molar-refractivity contribution in [1.82, 2.24) is 10.4 Å². The maximum Gasteiger partial charge on any atom is 0.274 e. The van der Waals surface area contributed by atoms with Gasteiger partial charge in [-0.1, -0.05) is 24.3 Å². The second-order valence-electron chi connectivity index (χ2n) is 7.26. The van der Waals surface area contributed by atoms with Crippen LogP contribution in [0.3, 0.4) is 0 Å². The minimum atomic E-state index is -0.675. The highest BCUT2D eigenvalue weighted by molar-refractivity contribution is 6.01. The van der Waals surface area contributed by atoms with Crippen molar-refractivity contribution in [3.8, 4) is 5.75 Å². The standard InChI is InChI=1S/C17H14N2O5.C5H11N/c20-9-12-3-1-11(2-4-12)8-19-14-7-13(17(22)18-23)5-6-15(14)24-10-16(19)21;1-6-4-2-3-5-6/h1-7,9,23H,8,10H2,(H,18,22);2-5H2,1H3. The van der Waals surface area contributed by atoms with Gasteiger partial charge in [0.2, 0.25) is 0 Å². The zero-order valence-electron chi connectivity index (χ0n) is 16.8. The first-order chi connectivity index (χ1) is 14.5. The van der Waals surface area contributed by atoms with Crippen molar-refractivity contribution in [2.75, 3.05) is 31.6 Å². The van der Waals surface area contributed by atoms with E-state index in [1.54, 1.807) is 35.8 Å². The summed E-state index contributed by atoms with van der Waals surface area (Å²) < 4.78 is 5.38. The Hall–Kier alpha value is -3.23. The van der Waals surface area contributed by atoms with Gasteiger partial charge >= 0.3 is 0 Å². The number of nitrogens with zero attached hydrogens (tertiary/aromatic N) is 2. The van der Waals surface area contributed by atoms with E-state index in [1.807, 2.05) is 0 Å². The summed E-state index contributed by atoms with van der Waals surface area (Å²) in [4.78, 5) is 38.4. The topological polar surface area (TPSA) is 99.2 Å². The molecule has 30 heavy (non-hydrogen) atoms. The predicted octanol–water partition coefficient (Wildman–Crippen LogP) is 2.26. The maximum absolute atomic E-state index is 12.2. The van der Waals surface area contributed by atoms with E-state index in [0.717, 1.165) is 11.8 Å². The van der Waals surface area contributed by atoms with Gasteiger partial charge in [-0.05, 0) is 56.7 Å². The Bertz CT molecular complexity index is 907. The van der Waals surface area contributed by atoms with Gasteiger partial charge < -0.3 is 14.5 Å². The lowest BCUT2D eigenvalue weighted by Gasteiger charge is -2.29. The summed E-state index contributed by atoms with van der Waals surface area (Å²) >= 11 is 0. The third-order valence-electron chi connectivity index (χ3n) is 5.05. The molecule has 8 nitrogen and oxygen atoms in total. The normalized spacial score (nSPS) is 15.5. The molecule has 2 aromatic rings. The molecule has 0 spiro atoms. The molecule has 0 radical (unpaired) electrons.